The summed E-state index contributed by atoms with van der Waals surface area (Å²) in [7, 11) is -3.70. The predicted octanol–water partition coefficient (Wildman–Crippen LogP) is 1.17. The van der Waals surface area contributed by atoms with Crippen LogP contribution in [0.25, 0.3) is 0 Å². The van der Waals surface area contributed by atoms with Crippen molar-refractivity contribution in [2.24, 2.45) is 0 Å². The molecule has 0 radical (unpaired) electrons. The summed E-state index contributed by atoms with van der Waals surface area (Å²) in [6.07, 6.45) is 1.96. The number of rotatable bonds is 7. The van der Waals surface area contributed by atoms with Crippen molar-refractivity contribution in [2.45, 2.75) is 37.6 Å². The SMILES string of the molecule is CCC[C@@H](C)NC(=O)CN1CCN(S(=O)(=O)c2ccccc2C#N)CC1. The maximum Gasteiger partial charge on any atom is 0.244 e. The molecule has 0 aromatic heterocycles. The van der Waals surface area contributed by atoms with E-state index < -0.39 is 10.0 Å². The Labute approximate surface area is 155 Å². The Bertz CT molecular complexity index is 765. The molecule has 1 saturated heterocycles. The van der Waals surface area contributed by atoms with Gasteiger partial charge in [0.15, 0.2) is 0 Å². The normalized spacial score (nSPS) is 17.4. The second-order valence-corrected chi connectivity index (χ2v) is 8.45. The maximum absolute atomic E-state index is 12.8. The smallest absolute Gasteiger partial charge is 0.244 e. The van der Waals surface area contributed by atoms with E-state index in [2.05, 4.69) is 12.2 Å². The van der Waals surface area contributed by atoms with Gasteiger partial charge >= 0.3 is 0 Å². The van der Waals surface area contributed by atoms with Crippen LogP contribution in [0, 0.1) is 11.3 Å². The van der Waals surface area contributed by atoms with Crippen molar-refractivity contribution in [3.63, 3.8) is 0 Å². The highest BCUT2D eigenvalue weighted by Gasteiger charge is 2.30. The number of benzene rings is 1. The van der Waals surface area contributed by atoms with Crippen LogP contribution in [0.15, 0.2) is 29.2 Å². The summed E-state index contributed by atoms with van der Waals surface area (Å²) in [6, 6.07) is 8.31. The zero-order chi connectivity index (χ0) is 19.2. The molecule has 1 N–H and O–H groups in total. The van der Waals surface area contributed by atoms with Crippen LogP contribution < -0.4 is 5.32 Å². The van der Waals surface area contributed by atoms with Crippen molar-refractivity contribution in [3.8, 4) is 6.07 Å². The Morgan fingerprint density at radius 1 is 1.27 bits per heavy atom. The van der Waals surface area contributed by atoms with Gasteiger partial charge in [-0.25, -0.2) is 8.42 Å². The van der Waals surface area contributed by atoms with Gasteiger partial charge in [0.05, 0.1) is 17.0 Å². The summed E-state index contributed by atoms with van der Waals surface area (Å²) >= 11 is 0. The standard InChI is InChI=1S/C18H26N4O3S/c1-3-6-15(2)20-18(23)14-21-9-11-22(12-10-21)26(24,25)17-8-5-4-7-16(17)13-19/h4-5,7-8,15H,3,6,9-12,14H2,1-2H3,(H,20,23)/t15-/m1/s1. The van der Waals surface area contributed by atoms with Gasteiger partial charge in [-0.3, -0.25) is 9.69 Å². The first-order valence-electron chi connectivity index (χ1n) is 8.89. The lowest BCUT2D eigenvalue weighted by atomic mass is 10.2. The Balaban J connectivity index is 1.94. The molecule has 0 bridgehead atoms. The van der Waals surface area contributed by atoms with Crippen molar-refractivity contribution >= 4 is 15.9 Å². The van der Waals surface area contributed by atoms with Gasteiger partial charge in [0, 0.05) is 32.2 Å². The third-order valence-electron chi connectivity index (χ3n) is 4.45. The number of hydrogen-bond acceptors (Lipinski definition) is 5. The molecular formula is C18H26N4O3S. The molecule has 0 spiro atoms. The van der Waals surface area contributed by atoms with Crippen LogP contribution in [0.5, 0.6) is 0 Å². The minimum atomic E-state index is -3.70. The molecule has 142 valence electrons. The minimum Gasteiger partial charge on any atom is -0.353 e. The maximum atomic E-state index is 12.8. The summed E-state index contributed by atoms with van der Waals surface area (Å²) in [5, 5.41) is 12.1. The van der Waals surface area contributed by atoms with Gasteiger partial charge in [-0.1, -0.05) is 25.5 Å². The van der Waals surface area contributed by atoms with Crippen LogP contribution in [0.2, 0.25) is 0 Å². The topological polar surface area (TPSA) is 93.5 Å². The number of nitrogens with one attached hydrogen (secondary N) is 1. The Morgan fingerprint density at radius 2 is 1.92 bits per heavy atom. The van der Waals surface area contributed by atoms with Crippen molar-refractivity contribution in [1.82, 2.24) is 14.5 Å². The average molecular weight is 378 g/mol. The third kappa shape index (κ3) is 5.04. The summed E-state index contributed by atoms with van der Waals surface area (Å²) in [5.41, 5.74) is 0.152. The van der Waals surface area contributed by atoms with E-state index in [9.17, 15) is 13.2 Å². The number of carbonyl (C=O) groups is 1. The molecule has 0 aliphatic carbocycles. The first-order valence-corrected chi connectivity index (χ1v) is 10.3. The molecule has 1 amide bonds. The summed E-state index contributed by atoms with van der Waals surface area (Å²) < 4.78 is 27.0. The molecular weight excluding hydrogens is 352 g/mol. The summed E-state index contributed by atoms with van der Waals surface area (Å²) in [5.74, 6) is -0.0305. The highest BCUT2D eigenvalue weighted by atomic mass is 32.2. The number of nitriles is 1. The van der Waals surface area contributed by atoms with Crippen molar-refractivity contribution in [3.05, 3.63) is 29.8 Å². The molecule has 1 fully saturated rings. The zero-order valence-corrected chi connectivity index (χ0v) is 16.1. The molecule has 1 aliphatic heterocycles. The number of nitrogens with zero attached hydrogens (tertiary/aromatic N) is 3. The minimum absolute atomic E-state index is 0.0305. The van der Waals surface area contributed by atoms with Crippen LogP contribution in [0.3, 0.4) is 0 Å². The molecule has 1 aromatic rings. The largest absolute Gasteiger partial charge is 0.353 e. The van der Waals surface area contributed by atoms with Crippen LogP contribution >= 0.6 is 0 Å². The Morgan fingerprint density at radius 3 is 2.54 bits per heavy atom. The van der Waals surface area contributed by atoms with E-state index in [4.69, 9.17) is 5.26 Å². The fraction of sp³-hybridized carbons (Fsp3) is 0.556. The number of hydrogen-bond donors (Lipinski definition) is 1. The number of carbonyl (C=O) groups excluding carboxylic acids is 1. The van der Waals surface area contributed by atoms with E-state index in [0.717, 1.165) is 12.8 Å². The van der Waals surface area contributed by atoms with Crippen LogP contribution in [0.1, 0.15) is 32.3 Å². The molecule has 1 aliphatic rings. The number of sulfonamides is 1. The van der Waals surface area contributed by atoms with E-state index in [1.807, 2.05) is 17.9 Å². The van der Waals surface area contributed by atoms with Gasteiger partial charge in [-0.2, -0.15) is 9.57 Å². The lowest BCUT2D eigenvalue weighted by Gasteiger charge is -2.33. The first-order chi connectivity index (χ1) is 12.4. The van der Waals surface area contributed by atoms with Gasteiger partial charge in [0.2, 0.25) is 15.9 Å². The van der Waals surface area contributed by atoms with E-state index in [1.54, 1.807) is 12.1 Å². The second-order valence-electron chi connectivity index (χ2n) is 6.55. The fourth-order valence-corrected chi connectivity index (χ4v) is 4.64. The Hall–Kier alpha value is -1.95. The van der Waals surface area contributed by atoms with Crippen LogP contribution in [0.4, 0.5) is 0 Å². The summed E-state index contributed by atoms with van der Waals surface area (Å²) in [6.45, 7) is 5.93. The van der Waals surface area contributed by atoms with Crippen molar-refractivity contribution < 1.29 is 13.2 Å². The molecule has 1 aromatic carbocycles. The van der Waals surface area contributed by atoms with E-state index in [1.165, 1.54) is 16.4 Å². The van der Waals surface area contributed by atoms with Crippen molar-refractivity contribution in [2.75, 3.05) is 32.7 Å². The van der Waals surface area contributed by atoms with E-state index in [-0.39, 0.29) is 29.0 Å². The van der Waals surface area contributed by atoms with Gasteiger partial charge < -0.3 is 5.32 Å². The molecule has 1 atom stereocenters. The summed E-state index contributed by atoms with van der Waals surface area (Å²) in [4.78, 5) is 14.1. The van der Waals surface area contributed by atoms with Gasteiger partial charge in [0.25, 0.3) is 0 Å². The Kier molecular flexibility index (Phi) is 7.14. The number of piperazine rings is 1. The zero-order valence-electron chi connectivity index (χ0n) is 15.3. The molecule has 0 saturated carbocycles. The van der Waals surface area contributed by atoms with E-state index in [0.29, 0.717) is 26.2 Å². The van der Waals surface area contributed by atoms with Crippen LogP contribution in [-0.2, 0) is 14.8 Å². The highest BCUT2D eigenvalue weighted by Crippen LogP contribution is 2.20. The lowest BCUT2D eigenvalue weighted by molar-refractivity contribution is -0.123. The molecule has 0 unspecified atom stereocenters. The third-order valence-corrected chi connectivity index (χ3v) is 6.41. The molecule has 26 heavy (non-hydrogen) atoms. The average Bonchev–Trinajstić information content (AvgIpc) is 2.62. The molecule has 8 heteroatoms. The van der Waals surface area contributed by atoms with E-state index >= 15 is 0 Å². The molecule has 1 heterocycles. The van der Waals surface area contributed by atoms with Gasteiger partial charge in [-0.15, -0.1) is 0 Å². The first kappa shape index (κ1) is 20.4. The molecule has 2 rings (SSSR count). The second kappa shape index (κ2) is 9.12. The molecule has 7 nitrogen and oxygen atoms in total. The van der Waals surface area contributed by atoms with Crippen LogP contribution in [-0.4, -0.2) is 62.3 Å². The van der Waals surface area contributed by atoms with Crippen molar-refractivity contribution in [1.29, 1.82) is 5.26 Å². The number of amides is 1. The lowest BCUT2D eigenvalue weighted by Crippen LogP contribution is -2.51. The monoisotopic (exact) mass is 378 g/mol. The quantitative estimate of drug-likeness (QED) is 0.769. The predicted molar refractivity (Wildman–Crippen MR) is 98.9 cm³/mol. The fourth-order valence-electron chi connectivity index (χ4n) is 3.08. The highest BCUT2D eigenvalue weighted by molar-refractivity contribution is 7.89. The van der Waals surface area contributed by atoms with Gasteiger partial charge in [-0.05, 0) is 25.5 Å². The van der Waals surface area contributed by atoms with Gasteiger partial charge in [0.1, 0.15) is 6.07 Å².